The molecule has 1 amide bonds. The van der Waals surface area contributed by atoms with Crippen LogP contribution >= 0.6 is 0 Å². The molecule has 1 aliphatic heterocycles. The van der Waals surface area contributed by atoms with Crippen LogP contribution in [0.4, 0.5) is 14.6 Å². The van der Waals surface area contributed by atoms with E-state index in [0.29, 0.717) is 17.9 Å². The second kappa shape index (κ2) is 7.57. The smallest absolute Gasteiger partial charge is 0.272 e. The number of carbonyl (C=O) groups excluding carboxylic acids is 1. The maximum Gasteiger partial charge on any atom is 0.272 e. The van der Waals surface area contributed by atoms with Gasteiger partial charge in [-0.1, -0.05) is 6.07 Å². The van der Waals surface area contributed by atoms with Gasteiger partial charge in [0.1, 0.15) is 23.1 Å². The molecule has 0 saturated carbocycles. The lowest BCUT2D eigenvalue weighted by Crippen LogP contribution is -2.38. The van der Waals surface area contributed by atoms with E-state index < -0.39 is 11.6 Å². The molecule has 2 aromatic rings. The number of carbonyl (C=O) groups is 1. The highest BCUT2D eigenvalue weighted by Crippen LogP contribution is 2.20. The van der Waals surface area contributed by atoms with Crippen molar-refractivity contribution in [2.75, 3.05) is 18.5 Å². The summed E-state index contributed by atoms with van der Waals surface area (Å²) in [6.07, 6.45) is 1.64. The van der Waals surface area contributed by atoms with Crippen molar-refractivity contribution in [2.24, 2.45) is 0 Å². The van der Waals surface area contributed by atoms with Gasteiger partial charge in [-0.2, -0.15) is 0 Å². The van der Waals surface area contributed by atoms with Crippen LogP contribution in [0.25, 0.3) is 0 Å². The Morgan fingerprint density at radius 2 is 2.04 bits per heavy atom. The van der Waals surface area contributed by atoms with Gasteiger partial charge in [0.2, 0.25) is 0 Å². The Labute approximate surface area is 144 Å². The topological polar surface area (TPSA) is 65.5 Å². The summed E-state index contributed by atoms with van der Waals surface area (Å²) in [4.78, 5) is 18.5. The predicted molar refractivity (Wildman–Crippen MR) is 89.1 cm³/mol. The van der Waals surface area contributed by atoms with Gasteiger partial charge < -0.3 is 15.3 Å². The van der Waals surface area contributed by atoms with Gasteiger partial charge in [-0.05, 0) is 42.7 Å². The molecule has 1 atom stereocenters. The zero-order valence-corrected chi connectivity index (χ0v) is 13.6. The molecule has 7 heteroatoms. The van der Waals surface area contributed by atoms with E-state index in [1.807, 2.05) is 0 Å². The first kappa shape index (κ1) is 17.3. The summed E-state index contributed by atoms with van der Waals surface area (Å²) in [6.45, 7) is 0.725. The van der Waals surface area contributed by atoms with Crippen LogP contribution in [0.2, 0.25) is 0 Å². The Morgan fingerprint density at radius 1 is 1.28 bits per heavy atom. The minimum Gasteiger partial charge on any atom is -0.394 e. The molecule has 1 aromatic carbocycles. The zero-order chi connectivity index (χ0) is 17.8. The lowest BCUT2D eigenvalue weighted by Gasteiger charge is -2.22. The molecule has 0 unspecified atom stereocenters. The fourth-order valence-corrected chi connectivity index (χ4v) is 3.00. The fraction of sp³-hybridized carbons (Fsp3) is 0.333. The van der Waals surface area contributed by atoms with E-state index in [0.717, 1.165) is 18.9 Å². The molecule has 132 valence electrons. The third kappa shape index (κ3) is 4.11. The summed E-state index contributed by atoms with van der Waals surface area (Å²) in [5, 5.41) is 12.3. The van der Waals surface area contributed by atoms with Crippen molar-refractivity contribution < 1.29 is 18.7 Å². The Hall–Kier alpha value is -2.54. The first-order valence-corrected chi connectivity index (χ1v) is 8.14. The molecule has 3 rings (SSSR count). The van der Waals surface area contributed by atoms with Crippen molar-refractivity contribution in [3.05, 3.63) is 59.3 Å². The minimum atomic E-state index is -0.641. The normalized spacial score (nSPS) is 16.9. The van der Waals surface area contributed by atoms with Crippen LogP contribution in [-0.4, -0.2) is 40.1 Å². The molecule has 0 bridgehead atoms. The van der Waals surface area contributed by atoms with E-state index in [-0.39, 0.29) is 30.8 Å². The van der Waals surface area contributed by atoms with Gasteiger partial charge in [0.15, 0.2) is 0 Å². The van der Waals surface area contributed by atoms with Crippen molar-refractivity contribution in [1.29, 1.82) is 0 Å². The molecular formula is C18H19F2N3O2. The molecule has 1 saturated heterocycles. The summed E-state index contributed by atoms with van der Waals surface area (Å²) in [5.41, 5.74) is 0.715. The second-order valence-corrected chi connectivity index (χ2v) is 6.02. The number of hydrogen-bond acceptors (Lipinski definition) is 4. The number of hydrogen-bond donors (Lipinski definition) is 2. The number of pyridine rings is 1. The highest BCUT2D eigenvalue weighted by atomic mass is 19.1. The molecular weight excluding hydrogens is 328 g/mol. The Morgan fingerprint density at radius 3 is 2.76 bits per heavy atom. The lowest BCUT2D eigenvalue weighted by molar-refractivity contribution is 0.0672. The molecule has 0 radical (unpaired) electrons. The molecule has 0 aliphatic carbocycles. The van der Waals surface area contributed by atoms with Crippen LogP contribution in [0.3, 0.4) is 0 Å². The lowest BCUT2D eigenvalue weighted by atomic mass is 10.2. The first-order chi connectivity index (χ1) is 12.1. The third-order valence-corrected chi connectivity index (χ3v) is 4.21. The number of aromatic nitrogens is 1. The first-order valence-electron chi connectivity index (χ1n) is 8.14. The quantitative estimate of drug-likeness (QED) is 0.872. The molecule has 1 aromatic heterocycles. The maximum absolute atomic E-state index is 13.2. The van der Waals surface area contributed by atoms with Gasteiger partial charge >= 0.3 is 0 Å². The van der Waals surface area contributed by atoms with E-state index in [9.17, 15) is 18.7 Å². The summed E-state index contributed by atoms with van der Waals surface area (Å²) in [5.74, 6) is -1.07. The van der Waals surface area contributed by atoms with Gasteiger partial charge in [-0.3, -0.25) is 4.79 Å². The number of rotatable bonds is 5. The van der Waals surface area contributed by atoms with Crippen LogP contribution in [0.1, 0.15) is 28.9 Å². The van der Waals surface area contributed by atoms with Crippen LogP contribution in [-0.2, 0) is 6.54 Å². The van der Waals surface area contributed by atoms with Gasteiger partial charge in [-0.25, -0.2) is 13.8 Å². The van der Waals surface area contributed by atoms with Gasteiger partial charge in [0, 0.05) is 19.2 Å². The molecule has 5 nitrogen and oxygen atoms in total. The molecule has 2 heterocycles. The third-order valence-electron chi connectivity index (χ3n) is 4.21. The van der Waals surface area contributed by atoms with E-state index in [4.69, 9.17) is 0 Å². The molecule has 0 spiro atoms. The number of aliphatic hydroxyl groups is 1. The number of likely N-dealkylation sites (tertiary alicyclic amines) is 1. The van der Waals surface area contributed by atoms with Gasteiger partial charge in [0.25, 0.3) is 5.91 Å². The van der Waals surface area contributed by atoms with Crippen molar-refractivity contribution in [2.45, 2.75) is 25.4 Å². The fourth-order valence-electron chi connectivity index (χ4n) is 3.00. The predicted octanol–water partition coefficient (Wildman–Crippen LogP) is 2.57. The second-order valence-electron chi connectivity index (χ2n) is 6.02. The summed E-state index contributed by atoms with van der Waals surface area (Å²) >= 11 is 0. The van der Waals surface area contributed by atoms with Crippen molar-refractivity contribution in [3.8, 4) is 0 Å². The van der Waals surface area contributed by atoms with E-state index >= 15 is 0 Å². The average Bonchev–Trinajstić information content (AvgIpc) is 3.07. The Kier molecular flexibility index (Phi) is 5.23. The van der Waals surface area contributed by atoms with E-state index in [1.165, 1.54) is 12.1 Å². The number of halogens is 2. The van der Waals surface area contributed by atoms with Crippen molar-refractivity contribution in [1.82, 2.24) is 9.88 Å². The number of anilines is 1. The largest absolute Gasteiger partial charge is 0.394 e. The Balaban J connectivity index is 1.70. The standard InChI is InChI=1S/C18H19F2N3O2/c19-13-7-12(8-14(20)9-13)10-21-17-5-1-4-16(22-17)18(25)23-6-2-3-15(23)11-24/h1,4-5,7-9,15,24H,2-3,6,10-11H2,(H,21,22)/t15-/m0/s1. The SMILES string of the molecule is O=C(c1cccc(NCc2cc(F)cc(F)c2)n1)N1CCC[C@H]1CO. The van der Waals surface area contributed by atoms with E-state index in [2.05, 4.69) is 10.3 Å². The zero-order valence-electron chi connectivity index (χ0n) is 13.6. The monoisotopic (exact) mass is 347 g/mol. The number of aliphatic hydroxyl groups excluding tert-OH is 1. The summed E-state index contributed by atoms with van der Waals surface area (Å²) in [7, 11) is 0. The number of amides is 1. The van der Waals surface area contributed by atoms with Crippen LogP contribution < -0.4 is 5.32 Å². The van der Waals surface area contributed by atoms with Crippen LogP contribution in [0.5, 0.6) is 0 Å². The minimum absolute atomic E-state index is 0.0607. The average molecular weight is 347 g/mol. The molecule has 2 N–H and O–H groups in total. The van der Waals surface area contributed by atoms with Crippen molar-refractivity contribution >= 4 is 11.7 Å². The summed E-state index contributed by atoms with van der Waals surface area (Å²) in [6, 6.07) is 8.11. The van der Waals surface area contributed by atoms with Crippen LogP contribution in [0.15, 0.2) is 36.4 Å². The number of benzene rings is 1. The van der Waals surface area contributed by atoms with Crippen LogP contribution in [0, 0.1) is 11.6 Å². The van der Waals surface area contributed by atoms with E-state index in [1.54, 1.807) is 23.1 Å². The Bertz CT molecular complexity index is 749. The van der Waals surface area contributed by atoms with Crippen molar-refractivity contribution in [3.63, 3.8) is 0 Å². The summed E-state index contributed by atoms with van der Waals surface area (Å²) < 4.78 is 26.4. The molecule has 1 fully saturated rings. The number of nitrogens with one attached hydrogen (secondary N) is 1. The highest BCUT2D eigenvalue weighted by Gasteiger charge is 2.29. The molecule has 25 heavy (non-hydrogen) atoms. The van der Waals surface area contributed by atoms with Gasteiger partial charge in [-0.15, -0.1) is 0 Å². The maximum atomic E-state index is 13.2. The van der Waals surface area contributed by atoms with Gasteiger partial charge in [0.05, 0.1) is 12.6 Å². The number of nitrogens with zero attached hydrogens (tertiary/aromatic N) is 2. The molecule has 1 aliphatic rings. The highest BCUT2D eigenvalue weighted by molar-refractivity contribution is 5.93.